The van der Waals surface area contributed by atoms with E-state index in [-0.39, 0.29) is 11.4 Å². The van der Waals surface area contributed by atoms with Gasteiger partial charge in [0.15, 0.2) is 0 Å². The number of carbonyl (C=O) groups excluding carboxylic acids is 2. The highest BCUT2D eigenvalue weighted by atomic mass is 35.5. The second-order valence-corrected chi connectivity index (χ2v) is 6.38. The third-order valence-electron chi connectivity index (χ3n) is 4.29. The molecule has 2 aromatic carbocycles. The quantitative estimate of drug-likeness (QED) is 0.375. The summed E-state index contributed by atoms with van der Waals surface area (Å²) in [4.78, 5) is 27.3. The first-order valence-corrected chi connectivity index (χ1v) is 8.27. The van der Waals surface area contributed by atoms with E-state index in [4.69, 9.17) is 17.1 Å². The average molecular weight is 373 g/mol. The van der Waals surface area contributed by atoms with E-state index in [0.29, 0.717) is 12.0 Å². The summed E-state index contributed by atoms with van der Waals surface area (Å²) in [6.45, 7) is 0. The lowest BCUT2D eigenvalue weighted by molar-refractivity contribution is -0.138. The van der Waals surface area contributed by atoms with Crippen molar-refractivity contribution in [1.29, 1.82) is 0 Å². The molecule has 2 aromatic rings. The number of nitrogens with zero attached hydrogens (tertiary/aromatic N) is 3. The monoisotopic (exact) mass is 372 g/mol. The summed E-state index contributed by atoms with van der Waals surface area (Å²) in [5.41, 5.74) is 10.9. The van der Waals surface area contributed by atoms with Crippen LogP contribution in [0.2, 0.25) is 5.02 Å². The molecule has 8 heteroatoms. The Labute approximate surface area is 153 Å². The van der Waals surface area contributed by atoms with E-state index < -0.39 is 29.6 Å². The summed E-state index contributed by atoms with van der Waals surface area (Å²) >= 11 is 5.61. The van der Waals surface area contributed by atoms with E-state index in [1.54, 1.807) is 0 Å². The minimum Gasteiger partial charge on any atom is -0.342 e. The van der Waals surface area contributed by atoms with Gasteiger partial charge in [-0.2, -0.15) is 0 Å². The molecule has 0 saturated carbocycles. The van der Waals surface area contributed by atoms with Crippen LogP contribution in [0.1, 0.15) is 22.7 Å². The van der Waals surface area contributed by atoms with Crippen LogP contribution < -0.4 is 5.32 Å². The van der Waals surface area contributed by atoms with Gasteiger partial charge in [0, 0.05) is 11.3 Å². The first kappa shape index (κ1) is 17.9. The lowest BCUT2D eigenvalue weighted by Gasteiger charge is -2.18. The summed E-state index contributed by atoms with van der Waals surface area (Å²) < 4.78 is 13.5. The van der Waals surface area contributed by atoms with E-state index >= 15 is 0 Å². The van der Waals surface area contributed by atoms with E-state index in [2.05, 4.69) is 15.3 Å². The maximum Gasteiger partial charge on any atom is 0.288 e. The number of ketones is 1. The largest absolute Gasteiger partial charge is 0.342 e. The number of Topliss-reactive ketones (excluding diaryl/α,β-unsaturated/α-hetero) is 1. The SMILES string of the molecule is [N-]=[N+]=N[C@H]1Cc2ccccc2[C@@H]1NC(=O)C(=O)Cc1ccc(Cl)c(F)c1. The zero-order valence-electron chi connectivity index (χ0n) is 13.5. The molecule has 0 fully saturated rings. The molecular formula is C18H14ClFN4O2. The molecule has 132 valence electrons. The van der Waals surface area contributed by atoms with Gasteiger partial charge in [0.25, 0.3) is 5.91 Å². The zero-order chi connectivity index (χ0) is 18.7. The molecule has 0 aliphatic heterocycles. The van der Waals surface area contributed by atoms with Crippen LogP contribution in [0.25, 0.3) is 10.4 Å². The summed E-state index contributed by atoms with van der Waals surface area (Å²) in [5.74, 6) is -2.17. The number of nitrogens with one attached hydrogen (secondary N) is 1. The first-order valence-electron chi connectivity index (χ1n) is 7.89. The number of carbonyl (C=O) groups is 2. The Hall–Kier alpha value is -2.89. The van der Waals surface area contributed by atoms with E-state index in [0.717, 1.165) is 17.2 Å². The standard InChI is InChI=1S/C18H14ClFN4O2/c19-13-6-5-10(7-14(13)20)8-16(25)18(26)22-17-12-4-2-1-3-11(12)9-15(17)23-24-21/h1-7,15,17H,8-9H2,(H,22,26)/t15-,17-/m0/s1. The molecular weight excluding hydrogens is 359 g/mol. The highest BCUT2D eigenvalue weighted by molar-refractivity contribution is 6.36. The Morgan fingerprint density at radius 2 is 2.08 bits per heavy atom. The van der Waals surface area contributed by atoms with Gasteiger partial charge in [-0.3, -0.25) is 9.59 Å². The van der Waals surface area contributed by atoms with Crippen LogP contribution in [-0.2, 0) is 22.4 Å². The molecule has 0 saturated heterocycles. The second kappa shape index (κ2) is 7.56. The minimum atomic E-state index is -0.805. The normalized spacial score (nSPS) is 17.9. The number of rotatable bonds is 5. The van der Waals surface area contributed by atoms with Crippen LogP contribution in [0, 0.1) is 5.82 Å². The van der Waals surface area contributed by atoms with Crippen molar-refractivity contribution in [3.63, 3.8) is 0 Å². The molecule has 6 nitrogen and oxygen atoms in total. The van der Waals surface area contributed by atoms with Gasteiger partial charge in [0.2, 0.25) is 5.78 Å². The number of amides is 1. The lowest BCUT2D eigenvalue weighted by atomic mass is 10.1. The third-order valence-corrected chi connectivity index (χ3v) is 4.60. The molecule has 0 aromatic heterocycles. The summed E-state index contributed by atoms with van der Waals surface area (Å²) in [6, 6.07) is 10.3. The third kappa shape index (κ3) is 3.69. The smallest absolute Gasteiger partial charge is 0.288 e. The number of hydrogen-bond acceptors (Lipinski definition) is 3. The predicted molar refractivity (Wildman–Crippen MR) is 94.1 cm³/mol. The van der Waals surface area contributed by atoms with Crippen molar-refractivity contribution in [2.45, 2.75) is 24.9 Å². The van der Waals surface area contributed by atoms with Gasteiger partial charge in [0.1, 0.15) is 5.82 Å². The van der Waals surface area contributed by atoms with Crippen LogP contribution in [-0.4, -0.2) is 17.7 Å². The van der Waals surface area contributed by atoms with Crippen LogP contribution in [0.4, 0.5) is 4.39 Å². The fraction of sp³-hybridized carbons (Fsp3) is 0.222. The first-order chi connectivity index (χ1) is 12.5. The van der Waals surface area contributed by atoms with Crippen LogP contribution in [0.3, 0.4) is 0 Å². The van der Waals surface area contributed by atoms with E-state index in [1.165, 1.54) is 12.1 Å². The van der Waals surface area contributed by atoms with Crippen molar-refractivity contribution in [2.24, 2.45) is 5.11 Å². The molecule has 1 N–H and O–H groups in total. The van der Waals surface area contributed by atoms with Gasteiger partial charge >= 0.3 is 0 Å². The van der Waals surface area contributed by atoms with E-state index in [1.807, 2.05) is 24.3 Å². The summed E-state index contributed by atoms with van der Waals surface area (Å²) in [6.07, 6.45) is 0.238. The van der Waals surface area contributed by atoms with E-state index in [9.17, 15) is 14.0 Å². The average Bonchev–Trinajstić information content (AvgIpc) is 2.96. The van der Waals surface area contributed by atoms with Gasteiger partial charge < -0.3 is 5.32 Å². The minimum absolute atomic E-state index is 0.0505. The van der Waals surface area contributed by atoms with Crippen molar-refractivity contribution < 1.29 is 14.0 Å². The summed E-state index contributed by atoms with van der Waals surface area (Å²) in [5, 5.41) is 6.32. The maximum atomic E-state index is 13.5. The fourth-order valence-corrected chi connectivity index (χ4v) is 3.18. The molecule has 0 radical (unpaired) electrons. The molecule has 3 rings (SSSR count). The molecule has 0 bridgehead atoms. The van der Waals surface area contributed by atoms with Crippen LogP contribution in [0.5, 0.6) is 0 Å². The van der Waals surface area contributed by atoms with Crippen molar-refractivity contribution in [3.8, 4) is 0 Å². The zero-order valence-corrected chi connectivity index (χ0v) is 14.3. The highest BCUT2D eigenvalue weighted by Gasteiger charge is 2.33. The molecule has 1 aliphatic rings. The van der Waals surface area contributed by atoms with Gasteiger partial charge in [-0.25, -0.2) is 4.39 Å². The van der Waals surface area contributed by atoms with Crippen molar-refractivity contribution in [3.05, 3.63) is 80.4 Å². The van der Waals surface area contributed by atoms with Crippen molar-refractivity contribution in [2.75, 3.05) is 0 Å². The fourth-order valence-electron chi connectivity index (χ4n) is 3.06. The van der Waals surface area contributed by atoms with Gasteiger partial charge in [0.05, 0.1) is 17.1 Å². The number of hydrogen-bond donors (Lipinski definition) is 1. The Kier molecular flexibility index (Phi) is 5.21. The Morgan fingerprint density at radius 1 is 1.31 bits per heavy atom. The predicted octanol–water partition coefficient (Wildman–Crippen LogP) is 3.68. The number of azide groups is 1. The number of halogens is 2. The lowest BCUT2D eigenvalue weighted by Crippen LogP contribution is -2.38. The Bertz CT molecular complexity index is 927. The molecule has 1 aliphatic carbocycles. The topological polar surface area (TPSA) is 94.9 Å². The molecule has 1 amide bonds. The Morgan fingerprint density at radius 3 is 2.81 bits per heavy atom. The van der Waals surface area contributed by atoms with Crippen LogP contribution >= 0.6 is 11.6 Å². The molecule has 2 atom stereocenters. The molecule has 0 unspecified atom stereocenters. The Balaban J connectivity index is 1.74. The van der Waals surface area contributed by atoms with Gasteiger partial charge in [-0.05, 0) is 40.8 Å². The van der Waals surface area contributed by atoms with Crippen LogP contribution in [0.15, 0.2) is 47.6 Å². The second-order valence-electron chi connectivity index (χ2n) is 5.97. The molecule has 0 spiro atoms. The van der Waals surface area contributed by atoms with Crippen molar-refractivity contribution in [1.82, 2.24) is 5.32 Å². The van der Waals surface area contributed by atoms with Gasteiger partial charge in [-0.15, -0.1) is 0 Å². The van der Waals surface area contributed by atoms with Gasteiger partial charge in [-0.1, -0.05) is 47.0 Å². The summed E-state index contributed by atoms with van der Waals surface area (Å²) in [7, 11) is 0. The molecule has 0 heterocycles. The number of benzene rings is 2. The highest BCUT2D eigenvalue weighted by Crippen LogP contribution is 2.33. The number of fused-ring (bicyclic) bond motifs is 1. The van der Waals surface area contributed by atoms with Crippen molar-refractivity contribution >= 4 is 23.3 Å². The molecule has 26 heavy (non-hydrogen) atoms. The maximum absolute atomic E-state index is 13.5.